The lowest BCUT2D eigenvalue weighted by Crippen LogP contribution is -2.39. The molecule has 0 N–H and O–H groups in total. The first-order valence-corrected chi connectivity index (χ1v) is 11.7. The van der Waals surface area contributed by atoms with E-state index < -0.39 is 0 Å². The Hall–Kier alpha value is -2.35. The molecule has 2 aromatic carbocycles. The Morgan fingerprint density at radius 1 is 1.13 bits per heavy atom. The van der Waals surface area contributed by atoms with Crippen molar-refractivity contribution in [1.82, 2.24) is 9.88 Å². The van der Waals surface area contributed by atoms with Crippen molar-refractivity contribution >= 4 is 44.2 Å². The third-order valence-corrected chi connectivity index (χ3v) is 7.08. The molecule has 0 radical (unpaired) electrons. The fourth-order valence-electron chi connectivity index (χ4n) is 3.64. The van der Waals surface area contributed by atoms with Crippen LogP contribution in [0.25, 0.3) is 10.2 Å². The standard InChI is InChI=1S/C23H26ClN3O3S/c1-4-26(5-2)10-11-27(23-25-21-15(3)6-8-17(24)22(21)31-23)20(28)13-16-7-9-18-19(12-16)30-14-29-18/h6-9,12H,4-5,10-11,13-14H2,1-3H3. The highest BCUT2D eigenvalue weighted by Crippen LogP contribution is 2.36. The molecule has 1 amide bonds. The van der Waals surface area contributed by atoms with Crippen LogP contribution >= 0.6 is 22.9 Å². The molecule has 1 aliphatic rings. The summed E-state index contributed by atoms with van der Waals surface area (Å²) in [6.07, 6.45) is 0.261. The normalized spacial score (nSPS) is 12.7. The summed E-state index contributed by atoms with van der Waals surface area (Å²) in [5, 5.41) is 1.35. The van der Waals surface area contributed by atoms with E-state index in [0.29, 0.717) is 28.2 Å². The monoisotopic (exact) mass is 459 g/mol. The minimum absolute atomic E-state index is 0.00106. The van der Waals surface area contributed by atoms with Crippen LogP contribution in [0.3, 0.4) is 0 Å². The van der Waals surface area contributed by atoms with Crippen LogP contribution in [0, 0.1) is 6.92 Å². The third kappa shape index (κ3) is 4.63. The zero-order valence-corrected chi connectivity index (χ0v) is 19.6. The van der Waals surface area contributed by atoms with Gasteiger partial charge in [-0.3, -0.25) is 9.69 Å². The first-order valence-electron chi connectivity index (χ1n) is 10.5. The number of ether oxygens (including phenoxy) is 2. The van der Waals surface area contributed by atoms with Crippen molar-refractivity contribution in [3.8, 4) is 11.5 Å². The topological polar surface area (TPSA) is 54.9 Å². The van der Waals surface area contributed by atoms with Crippen LogP contribution in [0.15, 0.2) is 30.3 Å². The van der Waals surface area contributed by atoms with E-state index in [4.69, 9.17) is 26.1 Å². The molecule has 1 aromatic heterocycles. The SMILES string of the molecule is CCN(CC)CCN(C(=O)Cc1ccc2c(c1)OCO2)c1nc2c(C)ccc(Cl)c2s1. The van der Waals surface area contributed by atoms with Gasteiger partial charge in [0.05, 0.1) is 21.7 Å². The molecular formula is C23H26ClN3O3S. The highest BCUT2D eigenvalue weighted by molar-refractivity contribution is 7.23. The lowest BCUT2D eigenvalue weighted by molar-refractivity contribution is -0.118. The highest BCUT2D eigenvalue weighted by Gasteiger charge is 2.23. The number of nitrogens with zero attached hydrogens (tertiary/aromatic N) is 3. The summed E-state index contributed by atoms with van der Waals surface area (Å²) < 4.78 is 11.8. The van der Waals surface area contributed by atoms with Crippen molar-refractivity contribution in [2.75, 3.05) is 37.9 Å². The van der Waals surface area contributed by atoms with E-state index in [-0.39, 0.29) is 19.1 Å². The minimum Gasteiger partial charge on any atom is -0.454 e. The zero-order chi connectivity index (χ0) is 22.0. The number of fused-ring (bicyclic) bond motifs is 2. The molecule has 2 heterocycles. The highest BCUT2D eigenvalue weighted by atomic mass is 35.5. The van der Waals surface area contributed by atoms with Gasteiger partial charge in [-0.1, -0.05) is 48.9 Å². The third-order valence-electron chi connectivity index (χ3n) is 5.54. The number of likely N-dealkylation sites (N-methyl/N-ethyl adjacent to an activating group) is 1. The predicted molar refractivity (Wildman–Crippen MR) is 126 cm³/mol. The average molecular weight is 460 g/mol. The van der Waals surface area contributed by atoms with Crippen LogP contribution in [0.5, 0.6) is 11.5 Å². The number of carbonyl (C=O) groups excluding carboxylic acids is 1. The summed E-state index contributed by atoms with van der Waals surface area (Å²) in [7, 11) is 0. The number of carbonyl (C=O) groups is 1. The number of benzene rings is 2. The van der Waals surface area contributed by atoms with Crippen LogP contribution in [-0.2, 0) is 11.2 Å². The fourth-order valence-corrected chi connectivity index (χ4v) is 5.00. The number of amides is 1. The Kier molecular flexibility index (Phi) is 6.65. The van der Waals surface area contributed by atoms with E-state index in [9.17, 15) is 4.79 Å². The Balaban J connectivity index is 1.63. The number of aromatic nitrogens is 1. The van der Waals surface area contributed by atoms with Gasteiger partial charge in [0.25, 0.3) is 0 Å². The van der Waals surface area contributed by atoms with E-state index in [1.165, 1.54) is 11.3 Å². The number of thiazole rings is 1. The Bertz CT molecular complexity index is 1060. The van der Waals surface area contributed by atoms with E-state index in [0.717, 1.165) is 41.0 Å². The molecule has 0 fully saturated rings. The molecule has 0 saturated carbocycles. The lowest BCUT2D eigenvalue weighted by Gasteiger charge is -2.24. The summed E-state index contributed by atoms with van der Waals surface area (Å²) >= 11 is 7.89. The molecule has 164 valence electrons. The van der Waals surface area contributed by atoms with Gasteiger partial charge >= 0.3 is 0 Å². The predicted octanol–water partition coefficient (Wildman–Crippen LogP) is 4.90. The van der Waals surface area contributed by atoms with Crippen molar-refractivity contribution in [1.29, 1.82) is 0 Å². The van der Waals surface area contributed by atoms with Gasteiger partial charge in [0, 0.05) is 13.1 Å². The molecular weight excluding hydrogens is 434 g/mol. The van der Waals surface area contributed by atoms with Crippen LogP contribution in [0.4, 0.5) is 5.13 Å². The maximum absolute atomic E-state index is 13.4. The number of halogens is 1. The van der Waals surface area contributed by atoms with Gasteiger partial charge in [-0.25, -0.2) is 4.98 Å². The van der Waals surface area contributed by atoms with Gasteiger partial charge in [0.1, 0.15) is 0 Å². The molecule has 31 heavy (non-hydrogen) atoms. The molecule has 8 heteroatoms. The Labute approximate surface area is 191 Å². The molecule has 0 spiro atoms. The van der Waals surface area contributed by atoms with Gasteiger partial charge in [-0.15, -0.1) is 0 Å². The van der Waals surface area contributed by atoms with Gasteiger partial charge in [-0.2, -0.15) is 0 Å². The number of hydrogen-bond acceptors (Lipinski definition) is 6. The summed E-state index contributed by atoms with van der Waals surface area (Å²) in [6.45, 7) is 9.71. The molecule has 0 bridgehead atoms. The van der Waals surface area contributed by atoms with Crippen molar-refractivity contribution in [2.24, 2.45) is 0 Å². The zero-order valence-electron chi connectivity index (χ0n) is 18.0. The maximum Gasteiger partial charge on any atom is 0.233 e. The largest absolute Gasteiger partial charge is 0.454 e. The second-order valence-corrected chi connectivity index (χ2v) is 8.86. The molecule has 0 atom stereocenters. The Morgan fingerprint density at radius 3 is 2.65 bits per heavy atom. The van der Waals surface area contributed by atoms with E-state index >= 15 is 0 Å². The van der Waals surface area contributed by atoms with Gasteiger partial charge in [0.2, 0.25) is 12.7 Å². The maximum atomic E-state index is 13.4. The fraction of sp³-hybridized carbons (Fsp3) is 0.391. The summed E-state index contributed by atoms with van der Waals surface area (Å²) in [5.41, 5.74) is 2.79. The molecule has 0 saturated heterocycles. The van der Waals surface area contributed by atoms with Gasteiger partial charge < -0.3 is 14.4 Å². The smallest absolute Gasteiger partial charge is 0.233 e. The van der Waals surface area contributed by atoms with E-state index in [1.807, 2.05) is 37.3 Å². The lowest BCUT2D eigenvalue weighted by atomic mass is 10.1. The molecule has 1 aliphatic heterocycles. The van der Waals surface area contributed by atoms with E-state index in [1.54, 1.807) is 4.90 Å². The van der Waals surface area contributed by atoms with Crippen molar-refractivity contribution < 1.29 is 14.3 Å². The molecule has 6 nitrogen and oxygen atoms in total. The Morgan fingerprint density at radius 2 is 1.90 bits per heavy atom. The quantitative estimate of drug-likeness (QED) is 0.479. The van der Waals surface area contributed by atoms with Crippen LogP contribution in [-0.4, -0.2) is 48.8 Å². The van der Waals surface area contributed by atoms with E-state index in [2.05, 4.69) is 18.7 Å². The summed E-state index contributed by atoms with van der Waals surface area (Å²) in [5.74, 6) is 1.40. The first kappa shape index (κ1) is 21.9. The van der Waals surface area contributed by atoms with Crippen LogP contribution < -0.4 is 14.4 Å². The van der Waals surface area contributed by atoms with Crippen LogP contribution in [0.2, 0.25) is 5.02 Å². The molecule has 0 aliphatic carbocycles. The number of anilines is 1. The summed E-state index contributed by atoms with van der Waals surface area (Å²) in [6, 6.07) is 9.49. The molecule has 3 aromatic rings. The number of aryl methyl sites for hydroxylation is 1. The van der Waals surface area contributed by atoms with Crippen LogP contribution in [0.1, 0.15) is 25.0 Å². The van der Waals surface area contributed by atoms with Crippen molar-refractivity contribution in [3.63, 3.8) is 0 Å². The average Bonchev–Trinajstić information content (AvgIpc) is 3.41. The number of rotatable bonds is 8. The minimum atomic E-state index is -0.00106. The van der Waals surface area contributed by atoms with Gasteiger partial charge in [0.15, 0.2) is 16.6 Å². The van der Waals surface area contributed by atoms with Gasteiger partial charge in [-0.05, 0) is 49.3 Å². The molecule has 4 rings (SSSR count). The van der Waals surface area contributed by atoms with Crippen molar-refractivity contribution in [3.05, 3.63) is 46.5 Å². The second kappa shape index (κ2) is 9.42. The number of hydrogen-bond donors (Lipinski definition) is 0. The summed E-state index contributed by atoms with van der Waals surface area (Å²) in [4.78, 5) is 22.3. The second-order valence-electron chi connectivity index (χ2n) is 7.48. The first-order chi connectivity index (χ1) is 15.0. The molecule has 0 unspecified atom stereocenters. The van der Waals surface area contributed by atoms with Crippen molar-refractivity contribution in [2.45, 2.75) is 27.2 Å².